The second-order valence-electron chi connectivity index (χ2n) is 8.43. The first kappa shape index (κ1) is 18.2. The van der Waals surface area contributed by atoms with Crippen LogP contribution >= 0.6 is 0 Å². The second kappa shape index (κ2) is 5.91. The Kier molecular flexibility index (Phi) is 3.98. The predicted octanol–water partition coefficient (Wildman–Crippen LogP) is 2.88. The lowest BCUT2D eigenvalue weighted by molar-refractivity contribution is -0.148. The number of nitrogens with zero attached hydrogens (tertiary/aromatic N) is 1. The lowest BCUT2D eigenvalue weighted by Gasteiger charge is -2.54. The Morgan fingerprint density at radius 2 is 1.63 bits per heavy atom. The van der Waals surface area contributed by atoms with Crippen molar-refractivity contribution in [3.8, 4) is 11.1 Å². The Hall–Kier alpha value is -2.18. The van der Waals surface area contributed by atoms with E-state index in [0.717, 1.165) is 11.1 Å². The topological polar surface area (TPSA) is 80.5 Å². The Labute approximate surface area is 160 Å². The molecule has 0 radical (unpaired) electrons. The monoisotopic (exact) mass is 384 g/mol. The summed E-state index contributed by atoms with van der Waals surface area (Å²) in [6.07, 6.45) is 0.638. The van der Waals surface area contributed by atoms with Crippen LogP contribution in [0.1, 0.15) is 20.3 Å². The molecular weight excluding hydrogens is 360 g/mol. The maximum Gasteiger partial charge on any atom is 0.243 e. The molecule has 0 spiro atoms. The van der Waals surface area contributed by atoms with Crippen LogP contribution in [0.5, 0.6) is 0 Å². The summed E-state index contributed by atoms with van der Waals surface area (Å²) in [5.74, 6) is -0.412. The van der Waals surface area contributed by atoms with Crippen molar-refractivity contribution in [2.45, 2.75) is 25.2 Å². The first-order chi connectivity index (χ1) is 12.7. The first-order valence-corrected chi connectivity index (χ1v) is 10.6. The summed E-state index contributed by atoms with van der Waals surface area (Å²) in [4.78, 5) is 12.3. The molecule has 2 aromatic rings. The zero-order chi connectivity index (χ0) is 19.4. The highest BCUT2D eigenvalue weighted by atomic mass is 32.2. The number of carbonyl (C=O) groups is 1. The number of rotatable bonds is 4. The number of nitrogens with two attached hydrogens (primary N) is 1. The van der Waals surface area contributed by atoms with Crippen molar-refractivity contribution in [3.05, 3.63) is 54.6 Å². The van der Waals surface area contributed by atoms with Crippen LogP contribution < -0.4 is 5.73 Å². The van der Waals surface area contributed by atoms with Crippen molar-refractivity contribution in [2.75, 3.05) is 13.1 Å². The zero-order valence-electron chi connectivity index (χ0n) is 15.6. The molecule has 0 aromatic heterocycles. The van der Waals surface area contributed by atoms with Crippen molar-refractivity contribution in [1.82, 2.24) is 4.31 Å². The van der Waals surface area contributed by atoms with E-state index < -0.39 is 15.4 Å². The minimum atomic E-state index is -3.66. The fourth-order valence-corrected chi connectivity index (χ4v) is 6.49. The van der Waals surface area contributed by atoms with E-state index in [-0.39, 0.29) is 28.7 Å². The van der Waals surface area contributed by atoms with Gasteiger partial charge in [0, 0.05) is 13.1 Å². The summed E-state index contributed by atoms with van der Waals surface area (Å²) in [5.41, 5.74) is 6.87. The lowest BCUT2D eigenvalue weighted by atomic mass is 9.48. The molecule has 2 fully saturated rings. The molecular formula is C21H24N2O3S. The van der Waals surface area contributed by atoms with Gasteiger partial charge >= 0.3 is 0 Å². The largest absolute Gasteiger partial charge is 0.369 e. The average Bonchev–Trinajstić information content (AvgIpc) is 2.99. The number of primary amides is 1. The molecule has 27 heavy (non-hydrogen) atoms. The van der Waals surface area contributed by atoms with Gasteiger partial charge in [-0.25, -0.2) is 8.42 Å². The van der Waals surface area contributed by atoms with E-state index in [1.807, 2.05) is 42.5 Å². The van der Waals surface area contributed by atoms with Gasteiger partial charge in [-0.2, -0.15) is 4.31 Å². The van der Waals surface area contributed by atoms with Gasteiger partial charge in [0.2, 0.25) is 15.9 Å². The van der Waals surface area contributed by atoms with Crippen LogP contribution in [-0.2, 0) is 14.8 Å². The minimum Gasteiger partial charge on any atom is -0.369 e. The molecule has 2 atom stereocenters. The lowest BCUT2D eigenvalue weighted by Crippen LogP contribution is -2.59. The maximum atomic E-state index is 13.2. The smallest absolute Gasteiger partial charge is 0.243 e. The van der Waals surface area contributed by atoms with Crippen LogP contribution in [0.15, 0.2) is 59.5 Å². The van der Waals surface area contributed by atoms with E-state index in [9.17, 15) is 13.2 Å². The van der Waals surface area contributed by atoms with Gasteiger partial charge in [-0.1, -0.05) is 56.3 Å². The molecule has 2 aromatic carbocycles. The molecule has 1 amide bonds. The SMILES string of the molecule is CC1(C)C[C@]2(C(N)=O)CN(S(=O)(=O)c3ccc(-c4ccccc4)cc3)C[C@H]12. The number of amides is 1. The summed E-state index contributed by atoms with van der Waals surface area (Å²) in [6.45, 7) is 4.67. The molecule has 4 rings (SSSR count). The third kappa shape index (κ3) is 2.70. The number of hydrogen-bond donors (Lipinski definition) is 1. The molecule has 1 saturated heterocycles. The van der Waals surface area contributed by atoms with Crippen molar-refractivity contribution < 1.29 is 13.2 Å². The van der Waals surface area contributed by atoms with E-state index in [1.54, 1.807) is 12.1 Å². The highest BCUT2D eigenvalue weighted by molar-refractivity contribution is 7.89. The van der Waals surface area contributed by atoms with Gasteiger partial charge in [0.05, 0.1) is 10.3 Å². The standard InChI is InChI=1S/C21H24N2O3S/c1-20(2)13-21(19(22)24)14-23(12-18(20)21)27(25,26)17-10-8-16(9-11-17)15-6-4-3-5-7-15/h3-11,18H,12-14H2,1-2H3,(H2,22,24)/t18-,21+/m1/s1. The Morgan fingerprint density at radius 1 is 1.04 bits per heavy atom. The van der Waals surface area contributed by atoms with E-state index in [2.05, 4.69) is 13.8 Å². The summed E-state index contributed by atoms with van der Waals surface area (Å²) < 4.78 is 27.7. The van der Waals surface area contributed by atoms with Crippen LogP contribution in [0.2, 0.25) is 0 Å². The molecule has 1 aliphatic heterocycles. The van der Waals surface area contributed by atoms with Crippen molar-refractivity contribution in [2.24, 2.45) is 22.5 Å². The molecule has 6 heteroatoms. The van der Waals surface area contributed by atoms with Gasteiger partial charge in [0.25, 0.3) is 0 Å². The number of hydrogen-bond acceptors (Lipinski definition) is 3. The zero-order valence-corrected chi connectivity index (χ0v) is 16.4. The van der Waals surface area contributed by atoms with Crippen molar-refractivity contribution in [1.29, 1.82) is 0 Å². The molecule has 2 aliphatic rings. The van der Waals surface area contributed by atoms with E-state index in [1.165, 1.54) is 4.31 Å². The summed E-state index contributed by atoms with van der Waals surface area (Å²) >= 11 is 0. The van der Waals surface area contributed by atoms with Crippen LogP contribution in [0.3, 0.4) is 0 Å². The van der Waals surface area contributed by atoms with Gasteiger partial charge in [0.15, 0.2) is 0 Å². The Bertz CT molecular complexity index is 984. The Morgan fingerprint density at radius 3 is 2.15 bits per heavy atom. The van der Waals surface area contributed by atoms with Crippen molar-refractivity contribution >= 4 is 15.9 Å². The van der Waals surface area contributed by atoms with Gasteiger partial charge in [0.1, 0.15) is 0 Å². The number of sulfonamides is 1. The fraction of sp³-hybridized carbons (Fsp3) is 0.381. The Balaban J connectivity index is 1.62. The molecule has 1 heterocycles. The third-order valence-corrected chi connectivity index (χ3v) is 8.14. The van der Waals surface area contributed by atoms with E-state index in [0.29, 0.717) is 13.0 Å². The third-order valence-electron chi connectivity index (χ3n) is 6.32. The van der Waals surface area contributed by atoms with Gasteiger partial charge in [-0.3, -0.25) is 4.79 Å². The molecule has 0 unspecified atom stereocenters. The van der Waals surface area contributed by atoms with E-state index >= 15 is 0 Å². The normalized spacial score (nSPS) is 27.0. The summed E-state index contributed by atoms with van der Waals surface area (Å²) in [6, 6.07) is 16.7. The van der Waals surface area contributed by atoms with Gasteiger partial charge < -0.3 is 5.73 Å². The number of fused-ring (bicyclic) bond motifs is 1. The molecule has 1 saturated carbocycles. The van der Waals surface area contributed by atoms with Gasteiger partial charge in [-0.15, -0.1) is 0 Å². The summed E-state index contributed by atoms with van der Waals surface area (Å²) in [5, 5.41) is 0. The molecule has 1 aliphatic carbocycles. The minimum absolute atomic E-state index is 0.0270. The average molecular weight is 385 g/mol. The molecule has 142 valence electrons. The van der Waals surface area contributed by atoms with Crippen LogP contribution in [-0.4, -0.2) is 31.7 Å². The molecule has 2 N–H and O–H groups in total. The molecule has 0 bridgehead atoms. The van der Waals surface area contributed by atoms with Gasteiger partial charge in [-0.05, 0) is 41.0 Å². The second-order valence-corrected chi connectivity index (χ2v) is 10.4. The number of benzene rings is 2. The maximum absolute atomic E-state index is 13.2. The van der Waals surface area contributed by atoms with E-state index in [4.69, 9.17) is 5.73 Å². The highest BCUT2D eigenvalue weighted by Gasteiger charge is 2.67. The molecule has 5 nitrogen and oxygen atoms in total. The van der Waals surface area contributed by atoms with Crippen LogP contribution in [0, 0.1) is 16.7 Å². The fourth-order valence-electron chi connectivity index (χ4n) is 4.97. The van der Waals surface area contributed by atoms with Crippen LogP contribution in [0.4, 0.5) is 0 Å². The predicted molar refractivity (Wildman–Crippen MR) is 104 cm³/mol. The first-order valence-electron chi connectivity index (χ1n) is 9.12. The van der Waals surface area contributed by atoms with Crippen LogP contribution in [0.25, 0.3) is 11.1 Å². The quantitative estimate of drug-likeness (QED) is 0.880. The number of carbonyl (C=O) groups excluding carboxylic acids is 1. The highest BCUT2D eigenvalue weighted by Crippen LogP contribution is 2.63. The van der Waals surface area contributed by atoms with Crippen molar-refractivity contribution in [3.63, 3.8) is 0 Å². The summed E-state index contributed by atoms with van der Waals surface area (Å²) in [7, 11) is -3.66.